The first kappa shape index (κ1) is 11.3. The van der Waals surface area contributed by atoms with Gasteiger partial charge in [0.1, 0.15) is 0 Å². The Morgan fingerprint density at radius 1 is 1.35 bits per heavy atom. The fourth-order valence-electron chi connectivity index (χ4n) is 0.971. The van der Waals surface area contributed by atoms with Gasteiger partial charge in [-0.25, -0.2) is 5.10 Å². The summed E-state index contributed by atoms with van der Waals surface area (Å²) in [6, 6.07) is 2.63. The Balaban J connectivity index is 2.26. The number of aromatic nitrogens is 5. The molecule has 9 heteroatoms. The highest BCUT2D eigenvalue weighted by Crippen LogP contribution is 2.16. The molecule has 2 aromatic heterocycles. The van der Waals surface area contributed by atoms with E-state index in [4.69, 9.17) is 16.3 Å². The molecule has 2 aromatic rings. The summed E-state index contributed by atoms with van der Waals surface area (Å²) >= 11 is 5.66. The Bertz CT molecular complexity index is 566. The second-order valence-corrected chi connectivity index (χ2v) is 3.16. The molecule has 17 heavy (non-hydrogen) atoms. The van der Waals surface area contributed by atoms with Crippen LogP contribution in [0.4, 0.5) is 5.95 Å². The number of ether oxygens (including phenoxy) is 1. The minimum Gasteiger partial charge on any atom is -0.403 e. The average molecular weight is 255 g/mol. The molecule has 8 nitrogen and oxygen atoms in total. The van der Waals surface area contributed by atoms with E-state index in [0.717, 1.165) is 0 Å². The number of nitrogens with zero attached hydrogens (tertiary/aromatic N) is 4. The molecule has 0 spiro atoms. The summed E-state index contributed by atoms with van der Waals surface area (Å²) in [7, 11) is 1.63. The smallest absolute Gasteiger partial charge is 0.329 e. The average Bonchev–Trinajstić information content (AvgIpc) is 2.31. The van der Waals surface area contributed by atoms with Gasteiger partial charge in [0.25, 0.3) is 5.56 Å². The first-order valence-electron chi connectivity index (χ1n) is 4.50. The van der Waals surface area contributed by atoms with Crippen LogP contribution in [0.3, 0.4) is 0 Å². The lowest BCUT2D eigenvalue weighted by molar-refractivity contribution is 0.417. The van der Waals surface area contributed by atoms with Gasteiger partial charge in [0, 0.05) is 19.2 Å². The normalized spacial score (nSPS) is 10.0. The van der Waals surface area contributed by atoms with Crippen molar-refractivity contribution in [3.05, 3.63) is 27.8 Å². The monoisotopic (exact) mass is 254 g/mol. The molecule has 0 saturated heterocycles. The summed E-state index contributed by atoms with van der Waals surface area (Å²) in [5.74, 6) is 0.415. The van der Waals surface area contributed by atoms with E-state index in [9.17, 15) is 4.79 Å². The Labute approximate surface area is 100 Å². The second kappa shape index (κ2) is 4.74. The number of nitrogens with one attached hydrogen (secondary N) is 2. The van der Waals surface area contributed by atoms with E-state index in [0.29, 0.717) is 0 Å². The van der Waals surface area contributed by atoms with E-state index < -0.39 is 0 Å². The van der Waals surface area contributed by atoms with E-state index in [2.05, 4.69) is 30.5 Å². The first-order valence-corrected chi connectivity index (χ1v) is 4.88. The Morgan fingerprint density at radius 2 is 2.18 bits per heavy atom. The number of aromatic amines is 1. The van der Waals surface area contributed by atoms with Crippen LogP contribution in [0.5, 0.6) is 11.9 Å². The molecular formula is C8H7ClN6O2. The fraction of sp³-hybridized carbons (Fsp3) is 0.125. The number of anilines is 1. The van der Waals surface area contributed by atoms with Gasteiger partial charge in [-0.1, -0.05) is 0 Å². The number of H-pyrrole nitrogens is 1. The van der Waals surface area contributed by atoms with Crippen LogP contribution in [-0.2, 0) is 0 Å². The van der Waals surface area contributed by atoms with E-state index in [-0.39, 0.29) is 28.7 Å². The SMILES string of the molecule is CNc1nc(Cl)nc(Oc2ccc(=O)[nH]n2)n1. The van der Waals surface area contributed by atoms with Crippen LogP contribution >= 0.6 is 11.6 Å². The highest BCUT2D eigenvalue weighted by Gasteiger charge is 2.06. The van der Waals surface area contributed by atoms with E-state index >= 15 is 0 Å². The molecule has 2 heterocycles. The van der Waals surface area contributed by atoms with Crippen molar-refractivity contribution < 1.29 is 4.74 Å². The zero-order chi connectivity index (χ0) is 12.3. The fourth-order valence-corrected chi connectivity index (χ4v) is 1.12. The van der Waals surface area contributed by atoms with Gasteiger partial charge in [0.05, 0.1) is 0 Å². The summed E-state index contributed by atoms with van der Waals surface area (Å²) in [5, 5.41) is 8.54. The van der Waals surface area contributed by atoms with Crippen LogP contribution in [0.2, 0.25) is 5.28 Å². The van der Waals surface area contributed by atoms with Crippen molar-refractivity contribution in [2.45, 2.75) is 0 Å². The highest BCUT2D eigenvalue weighted by molar-refractivity contribution is 6.28. The van der Waals surface area contributed by atoms with Crippen LogP contribution in [-0.4, -0.2) is 32.2 Å². The molecule has 0 unspecified atom stereocenters. The minimum atomic E-state index is -0.332. The topological polar surface area (TPSA) is 106 Å². The molecule has 0 aliphatic heterocycles. The highest BCUT2D eigenvalue weighted by atomic mass is 35.5. The molecule has 0 saturated carbocycles. The predicted molar refractivity (Wildman–Crippen MR) is 59.3 cm³/mol. The molecule has 0 aromatic carbocycles. The Kier molecular flexibility index (Phi) is 3.15. The summed E-state index contributed by atoms with van der Waals surface area (Å²) in [4.78, 5) is 22.2. The molecule has 0 aliphatic rings. The number of hydrogen-bond acceptors (Lipinski definition) is 7. The minimum absolute atomic E-state index is 0.0104. The van der Waals surface area contributed by atoms with Gasteiger partial charge in [-0.2, -0.15) is 15.0 Å². The van der Waals surface area contributed by atoms with Gasteiger partial charge in [0.2, 0.25) is 17.1 Å². The molecule has 0 radical (unpaired) electrons. The van der Waals surface area contributed by atoms with Crippen LogP contribution in [0.15, 0.2) is 16.9 Å². The van der Waals surface area contributed by atoms with Gasteiger partial charge in [-0.15, -0.1) is 5.10 Å². The molecular weight excluding hydrogens is 248 g/mol. The van der Waals surface area contributed by atoms with E-state index in [1.165, 1.54) is 12.1 Å². The molecule has 2 N–H and O–H groups in total. The maximum Gasteiger partial charge on any atom is 0.329 e. The van der Waals surface area contributed by atoms with Crippen LogP contribution in [0.1, 0.15) is 0 Å². The third-order valence-corrected chi connectivity index (χ3v) is 1.83. The molecule has 0 atom stereocenters. The molecule has 0 amide bonds. The summed E-state index contributed by atoms with van der Waals surface area (Å²) in [5.41, 5.74) is -0.332. The molecule has 88 valence electrons. The maximum absolute atomic E-state index is 10.8. The first-order chi connectivity index (χ1) is 8.17. The lowest BCUT2D eigenvalue weighted by atomic mass is 10.6. The maximum atomic E-state index is 10.8. The van der Waals surface area contributed by atoms with Gasteiger partial charge in [-0.3, -0.25) is 4.79 Å². The van der Waals surface area contributed by atoms with Crippen molar-refractivity contribution in [1.82, 2.24) is 25.1 Å². The van der Waals surface area contributed by atoms with Crippen LogP contribution < -0.4 is 15.6 Å². The molecule has 2 rings (SSSR count). The number of halogens is 1. The van der Waals surface area contributed by atoms with Crippen molar-refractivity contribution in [1.29, 1.82) is 0 Å². The zero-order valence-corrected chi connectivity index (χ0v) is 9.39. The quantitative estimate of drug-likeness (QED) is 0.819. The van der Waals surface area contributed by atoms with Crippen LogP contribution in [0, 0.1) is 0 Å². The van der Waals surface area contributed by atoms with Crippen molar-refractivity contribution in [3.63, 3.8) is 0 Å². The van der Waals surface area contributed by atoms with E-state index in [1.54, 1.807) is 7.05 Å². The van der Waals surface area contributed by atoms with Gasteiger partial charge < -0.3 is 10.1 Å². The largest absolute Gasteiger partial charge is 0.403 e. The van der Waals surface area contributed by atoms with E-state index in [1.807, 2.05) is 0 Å². The van der Waals surface area contributed by atoms with Gasteiger partial charge >= 0.3 is 6.01 Å². The lowest BCUT2D eigenvalue weighted by Gasteiger charge is -2.03. The van der Waals surface area contributed by atoms with Gasteiger partial charge in [-0.05, 0) is 11.6 Å². The number of rotatable bonds is 3. The molecule has 0 aliphatic carbocycles. The van der Waals surface area contributed by atoms with Crippen LogP contribution in [0.25, 0.3) is 0 Å². The van der Waals surface area contributed by atoms with Crippen molar-refractivity contribution in [2.24, 2.45) is 0 Å². The Hall–Kier alpha value is -2.22. The predicted octanol–water partition coefficient (Wildman–Crippen LogP) is 0.442. The standard InChI is InChI=1S/C8H7ClN6O2/c1-10-7-11-6(9)12-8(13-7)17-5-3-2-4(16)14-15-5/h2-3H,1H3,(H,14,16)(H,10,11,12,13). The van der Waals surface area contributed by atoms with Crippen molar-refractivity contribution in [3.8, 4) is 11.9 Å². The zero-order valence-electron chi connectivity index (χ0n) is 8.64. The summed E-state index contributed by atoms with van der Waals surface area (Å²) < 4.78 is 5.19. The summed E-state index contributed by atoms with van der Waals surface area (Å²) in [6.45, 7) is 0. The second-order valence-electron chi connectivity index (χ2n) is 2.82. The van der Waals surface area contributed by atoms with Gasteiger partial charge in [0.15, 0.2) is 0 Å². The summed E-state index contributed by atoms with van der Waals surface area (Å²) in [6.07, 6.45) is 0. The third-order valence-electron chi connectivity index (χ3n) is 1.66. The lowest BCUT2D eigenvalue weighted by Crippen LogP contribution is -2.07. The van der Waals surface area contributed by atoms with Crippen molar-refractivity contribution in [2.75, 3.05) is 12.4 Å². The number of hydrogen-bond donors (Lipinski definition) is 2. The molecule has 0 fully saturated rings. The third kappa shape index (κ3) is 2.88. The van der Waals surface area contributed by atoms with Crippen molar-refractivity contribution >= 4 is 17.5 Å². The Morgan fingerprint density at radius 3 is 2.82 bits per heavy atom. The molecule has 0 bridgehead atoms.